The van der Waals surface area contributed by atoms with Crippen LogP contribution in [0.25, 0.3) is 0 Å². The van der Waals surface area contributed by atoms with Crippen molar-refractivity contribution in [3.63, 3.8) is 0 Å². The summed E-state index contributed by atoms with van der Waals surface area (Å²) >= 11 is 0. The van der Waals surface area contributed by atoms with Crippen LogP contribution < -0.4 is 10.4 Å². The Morgan fingerprint density at radius 2 is 1.32 bits per heavy atom. The Morgan fingerprint density at radius 3 is 1.88 bits per heavy atom. The SMILES string of the molecule is C=CC/C1=C\C(C)C[C@H](C)C[C@H](OC)[C@H]2O[C@@](O)(C(=O)C(=O)N3CCCC[C@H]3C(=O)O[C@H](C(C)=C[C@@H]3CC[C@@H](OC(=O)CCCCCCC(=O)O[Si](c4ccccc4)(c4ccccc4)C(C)(C)C)[C@H](OC)C3)[C@H](C)[C@@H](O[Si](C)(C)C(C)(C)C)CC1=O)[C@H](C)C[C@@H]2OC. The summed E-state index contributed by atoms with van der Waals surface area (Å²) in [6.45, 7) is 31.0. The fourth-order valence-electron chi connectivity index (χ4n) is 14.2. The van der Waals surface area contributed by atoms with E-state index in [4.69, 9.17) is 37.3 Å². The predicted octanol–water partition coefficient (Wildman–Crippen LogP) is 12.7. The highest BCUT2D eigenvalue weighted by Crippen LogP contribution is 2.43. The van der Waals surface area contributed by atoms with Gasteiger partial charge in [-0.1, -0.05) is 161 Å². The summed E-state index contributed by atoms with van der Waals surface area (Å²) in [6, 6.07) is 19.1. The zero-order valence-electron chi connectivity index (χ0n) is 58.6. The molecule has 0 aromatic heterocycles. The molecule has 3 aliphatic heterocycles. The van der Waals surface area contributed by atoms with Gasteiger partial charge in [-0.3, -0.25) is 24.0 Å². The number of esters is 2. The van der Waals surface area contributed by atoms with Crippen LogP contribution in [-0.2, 0) is 66.0 Å². The fraction of sp³-hybridized carbons (Fsp3) is 0.676. The molecular formula is C74H113NO15Si2. The first-order chi connectivity index (χ1) is 43.3. The minimum absolute atomic E-state index is 0.000180. The molecule has 6 rings (SSSR count). The van der Waals surface area contributed by atoms with Gasteiger partial charge in [0.05, 0.1) is 24.4 Å². The molecular weight excluding hydrogens is 1200 g/mol. The highest BCUT2D eigenvalue weighted by atomic mass is 28.4. The van der Waals surface area contributed by atoms with Gasteiger partial charge in [-0.2, -0.15) is 0 Å². The number of nitrogens with zero attached hydrogens (tertiary/aromatic N) is 1. The van der Waals surface area contributed by atoms with Crippen molar-refractivity contribution in [2.24, 2.45) is 29.6 Å². The maximum atomic E-state index is 15.2. The molecule has 4 aliphatic rings. The van der Waals surface area contributed by atoms with Crippen molar-refractivity contribution in [2.75, 3.05) is 27.9 Å². The second-order valence-electron chi connectivity index (χ2n) is 29.6. The normalized spacial score (nSPS) is 30.4. The van der Waals surface area contributed by atoms with Crippen LogP contribution in [-0.4, -0.2) is 144 Å². The number of hydrogen-bond acceptors (Lipinski definition) is 15. The van der Waals surface area contributed by atoms with E-state index >= 15 is 9.59 Å². The van der Waals surface area contributed by atoms with Crippen LogP contribution in [0.5, 0.6) is 0 Å². The summed E-state index contributed by atoms with van der Waals surface area (Å²) in [4.78, 5) is 88.2. The maximum absolute atomic E-state index is 15.2. The number of ether oxygens (including phenoxy) is 6. The van der Waals surface area contributed by atoms with Crippen LogP contribution in [0.4, 0.5) is 0 Å². The Bertz CT molecular complexity index is 2810. The number of allylic oxidation sites excluding steroid dienone is 4. The number of aliphatic hydroxyl groups is 1. The number of amides is 1. The smallest absolute Gasteiger partial charge is 0.329 e. The fourth-order valence-corrected chi connectivity index (χ4v) is 20.0. The van der Waals surface area contributed by atoms with Crippen LogP contribution >= 0.6 is 0 Å². The Kier molecular flexibility index (Phi) is 27.8. The second kappa shape index (κ2) is 33.6. The Hall–Kier alpha value is -4.93. The lowest BCUT2D eigenvalue weighted by atomic mass is 9.81. The molecule has 1 saturated carbocycles. The van der Waals surface area contributed by atoms with Crippen LogP contribution in [0, 0.1) is 29.6 Å². The van der Waals surface area contributed by atoms with E-state index in [1.165, 1.54) is 4.90 Å². The third-order valence-electron chi connectivity index (χ3n) is 20.5. The van der Waals surface area contributed by atoms with Crippen molar-refractivity contribution in [1.29, 1.82) is 0 Å². The largest absolute Gasteiger partial charge is 0.510 e. The number of methoxy groups -OCH3 is 3. The van der Waals surface area contributed by atoms with E-state index in [0.29, 0.717) is 75.4 Å². The first-order valence-corrected chi connectivity index (χ1v) is 38.9. The van der Waals surface area contributed by atoms with Crippen molar-refractivity contribution in [3.8, 4) is 0 Å². The molecule has 3 fully saturated rings. The molecule has 2 saturated heterocycles. The summed E-state index contributed by atoms with van der Waals surface area (Å²) in [5.74, 6) is -7.68. The third kappa shape index (κ3) is 19.0. The number of cyclic esters (lactones) is 1. The summed E-state index contributed by atoms with van der Waals surface area (Å²) in [5.41, 5.74) is 1.33. The highest BCUT2D eigenvalue weighted by Gasteiger charge is 2.57. The predicted molar refractivity (Wildman–Crippen MR) is 364 cm³/mol. The molecule has 1 aliphatic carbocycles. The average Bonchev–Trinajstić information content (AvgIpc) is 0.762. The van der Waals surface area contributed by atoms with E-state index in [0.717, 1.165) is 23.2 Å². The van der Waals surface area contributed by atoms with Crippen molar-refractivity contribution >= 4 is 62.4 Å². The monoisotopic (exact) mass is 1310 g/mol. The van der Waals surface area contributed by atoms with E-state index in [1.54, 1.807) is 34.3 Å². The summed E-state index contributed by atoms with van der Waals surface area (Å²) in [6.07, 6.45) is 9.00. The van der Waals surface area contributed by atoms with Crippen LogP contribution in [0.3, 0.4) is 0 Å². The lowest BCUT2D eigenvalue weighted by Gasteiger charge is -2.47. The number of unbranched alkanes of at least 4 members (excludes halogenated alkanes) is 3. The van der Waals surface area contributed by atoms with Crippen molar-refractivity contribution in [2.45, 2.75) is 263 Å². The van der Waals surface area contributed by atoms with Gasteiger partial charge in [-0.05, 0) is 146 Å². The molecule has 14 atom stereocenters. The van der Waals surface area contributed by atoms with Crippen LogP contribution in [0.2, 0.25) is 23.2 Å². The molecule has 16 nitrogen and oxygen atoms in total. The first-order valence-electron chi connectivity index (χ1n) is 34.1. The van der Waals surface area contributed by atoms with Crippen molar-refractivity contribution in [3.05, 3.63) is 96.6 Å². The van der Waals surface area contributed by atoms with Gasteiger partial charge in [-0.25, -0.2) is 4.79 Å². The van der Waals surface area contributed by atoms with Crippen molar-refractivity contribution in [1.82, 2.24) is 4.90 Å². The molecule has 0 radical (unpaired) electrons. The number of rotatable bonds is 20. The molecule has 512 valence electrons. The van der Waals surface area contributed by atoms with E-state index in [1.807, 2.05) is 56.3 Å². The van der Waals surface area contributed by atoms with Crippen LogP contribution in [0.1, 0.15) is 185 Å². The summed E-state index contributed by atoms with van der Waals surface area (Å²) < 4.78 is 51.3. The van der Waals surface area contributed by atoms with Gasteiger partial charge in [0, 0.05) is 59.0 Å². The molecule has 92 heavy (non-hydrogen) atoms. The number of hydrogen-bond donors (Lipinski definition) is 1. The quantitative estimate of drug-likeness (QED) is 0.0431. The number of ketones is 2. The second-order valence-corrected chi connectivity index (χ2v) is 38.6. The Labute approximate surface area is 552 Å². The zero-order valence-corrected chi connectivity index (χ0v) is 60.6. The molecule has 18 heteroatoms. The third-order valence-corrected chi connectivity index (χ3v) is 30.0. The van der Waals surface area contributed by atoms with E-state index in [9.17, 15) is 24.3 Å². The molecule has 0 spiro atoms. The minimum atomic E-state index is -3.02. The van der Waals surface area contributed by atoms with Gasteiger partial charge < -0.3 is 47.3 Å². The van der Waals surface area contributed by atoms with Crippen LogP contribution in [0.15, 0.2) is 96.6 Å². The standard InChI is InChI=1S/C74H113NO15Si2/c1-18-31-55-43-49(2)42-50(3)44-63(84-14)68-64(85-15)46-52(5)74(82,88-68)69(79)70(80)75-41-30-29-36-58(75)71(81)87-67(53(6)61(48-59(55)76)89-91(16,17)72(7,8)9)51(4)45-54-39-40-60(62(47-54)83-13)86-65(77)37-27-19-20-28-38-66(78)90-92(73(10,11)12,56-32-23-21-24-33-56)57-34-25-22-26-35-57/h18,21-26,32-35,43,45,49-50,52-54,58,60-64,67-68,82H,1,19-20,27-31,36-42,44,46-48H2,2-17H3/b51-45?,55-43+/t49?,50-,52+,53+,54-,58-,60+,61-,62+,63-,64-,67+,68+,74+/m0/s1. The first kappa shape index (κ1) is 76.1. The highest BCUT2D eigenvalue weighted by molar-refractivity contribution is 7.00. The van der Waals surface area contributed by atoms with Crippen molar-refractivity contribution < 1.29 is 71.1 Å². The number of benzene rings is 2. The Balaban J connectivity index is 1.22. The van der Waals surface area contributed by atoms with Gasteiger partial charge in [0.25, 0.3) is 17.7 Å². The average molecular weight is 1310 g/mol. The molecule has 1 N–H and O–H groups in total. The van der Waals surface area contributed by atoms with Gasteiger partial charge in [-0.15, -0.1) is 6.58 Å². The van der Waals surface area contributed by atoms with E-state index in [2.05, 4.69) is 105 Å². The zero-order chi connectivity index (χ0) is 67.9. The van der Waals surface area contributed by atoms with Gasteiger partial charge >= 0.3 is 20.3 Å². The van der Waals surface area contributed by atoms with E-state index in [-0.39, 0.29) is 84.2 Å². The Morgan fingerprint density at radius 1 is 0.728 bits per heavy atom. The van der Waals surface area contributed by atoms with E-state index < -0.39 is 101 Å². The number of fused-ring (bicyclic) bond motifs is 3. The molecule has 2 aromatic carbocycles. The topological polar surface area (TPSA) is 200 Å². The number of carbonyl (C=O) groups is 6. The molecule has 3 heterocycles. The lowest BCUT2D eigenvalue weighted by molar-refractivity contribution is -0.302. The number of Topliss-reactive ketones (excluding diaryl/α,β-unsaturated/α-hetero) is 2. The van der Waals surface area contributed by atoms with Gasteiger partial charge in [0.2, 0.25) is 5.79 Å². The summed E-state index contributed by atoms with van der Waals surface area (Å²) in [7, 11) is -0.952. The maximum Gasteiger partial charge on any atom is 0.329 e. The molecule has 2 aromatic rings. The minimum Gasteiger partial charge on any atom is -0.510 e. The summed E-state index contributed by atoms with van der Waals surface area (Å²) in [5, 5.41) is 13.9. The molecule has 2 bridgehead atoms. The lowest BCUT2D eigenvalue weighted by Crippen LogP contribution is -2.67. The number of carbonyl (C=O) groups excluding carboxylic acids is 6. The number of piperidine rings is 1. The molecule has 1 unspecified atom stereocenters. The van der Waals surface area contributed by atoms with Gasteiger partial charge in [0.15, 0.2) is 14.1 Å². The van der Waals surface area contributed by atoms with Gasteiger partial charge in [0.1, 0.15) is 24.4 Å². The molecule has 1 amide bonds.